The fourth-order valence-electron chi connectivity index (χ4n) is 1.34. The molecule has 0 heterocycles. The van der Waals surface area contributed by atoms with Crippen molar-refractivity contribution in [2.45, 2.75) is 12.5 Å². The summed E-state index contributed by atoms with van der Waals surface area (Å²) in [6.45, 7) is -0.135. The Labute approximate surface area is 106 Å². The molecule has 6 heteroatoms. The summed E-state index contributed by atoms with van der Waals surface area (Å²) in [4.78, 5) is 0. The van der Waals surface area contributed by atoms with Crippen molar-refractivity contribution in [3.63, 3.8) is 0 Å². The van der Waals surface area contributed by atoms with E-state index in [-0.39, 0.29) is 19.1 Å². The van der Waals surface area contributed by atoms with Crippen molar-refractivity contribution in [1.82, 2.24) is 5.32 Å². The van der Waals surface area contributed by atoms with Crippen LogP contribution in [0.25, 0.3) is 0 Å². The average molecular weight is 314 g/mol. The van der Waals surface area contributed by atoms with Gasteiger partial charge in [-0.3, -0.25) is 0 Å². The van der Waals surface area contributed by atoms with Crippen LogP contribution in [0, 0.1) is 0 Å². The molecule has 1 aromatic rings. The van der Waals surface area contributed by atoms with Crippen LogP contribution in [-0.2, 0) is 0 Å². The van der Waals surface area contributed by atoms with E-state index < -0.39 is 6.43 Å². The van der Waals surface area contributed by atoms with Gasteiger partial charge in [0.05, 0.1) is 6.54 Å². The van der Waals surface area contributed by atoms with Gasteiger partial charge in [-0.2, -0.15) is 0 Å². The summed E-state index contributed by atoms with van der Waals surface area (Å²) in [6.07, 6.45) is -2.39. The molecule has 0 bridgehead atoms. The Hall–Kier alpha value is -0.230. The van der Waals surface area contributed by atoms with Crippen molar-refractivity contribution in [2.75, 3.05) is 13.1 Å². The Morgan fingerprint density at radius 3 is 2.62 bits per heavy atom. The fourth-order valence-corrected chi connectivity index (χ4v) is 2.29. The Bertz CT molecular complexity index is 350. The van der Waals surface area contributed by atoms with Crippen LogP contribution in [0.15, 0.2) is 22.7 Å². The highest BCUT2D eigenvalue weighted by Gasteiger charge is 2.14. The molecule has 0 aliphatic carbocycles. The molecule has 2 nitrogen and oxygen atoms in total. The highest BCUT2D eigenvalue weighted by Crippen LogP contribution is 2.26. The zero-order valence-electron chi connectivity index (χ0n) is 8.39. The van der Waals surface area contributed by atoms with Gasteiger partial charge in [0.15, 0.2) is 0 Å². The number of alkyl halides is 2. The van der Waals surface area contributed by atoms with E-state index in [0.29, 0.717) is 5.02 Å². The van der Waals surface area contributed by atoms with E-state index >= 15 is 0 Å². The summed E-state index contributed by atoms with van der Waals surface area (Å²) in [5, 5.41) is 3.28. The number of hydrogen-bond acceptors (Lipinski definition) is 2. The van der Waals surface area contributed by atoms with Crippen molar-refractivity contribution in [2.24, 2.45) is 5.73 Å². The van der Waals surface area contributed by atoms with Crippen LogP contribution < -0.4 is 11.1 Å². The van der Waals surface area contributed by atoms with Crippen molar-refractivity contribution >= 4 is 27.5 Å². The molecule has 1 unspecified atom stereocenters. The number of nitrogens with two attached hydrogens (primary N) is 1. The minimum Gasteiger partial charge on any atom is -0.329 e. The topological polar surface area (TPSA) is 38.0 Å². The first-order valence-electron chi connectivity index (χ1n) is 4.71. The first-order valence-corrected chi connectivity index (χ1v) is 5.88. The number of hydrogen-bond donors (Lipinski definition) is 2. The lowest BCUT2D eigenvalue weighted by molar-refractivity contribution is 0.141. The van der Waals surface area contributed by atoms with Crippen LogP contribution in [0.2, 0.25) is 5.02 Å². The maximum Gasteiger partial charge on any atom is 0.250 e. The van der Waals surface area contributed by atoms with Crippen molar-refractivity contribution in [3.8, 4) is 0 Å². The lowest BCUT2D eigenvalue weighted by atomic mass is 10.1. The number of halogens is 4. The zero-order chi connectivity index (χ0) is 12.1. The number of benzene rings is 1. The second-order valence-electron chi connectivity index (χ2n) is 3.25. The van der Waals surface area contributed by atoms with E-state index in [1.807, 2.05) is 0 Å². The van der Waals surface area contributed by atoms with Gasteiger partial charge in [-0.1, -0.05) is 33.6 Å². The highest BCUT2D eigenvalue weighted by atomic mass is 79.9. The molecule has 3 N–H and O–H groups in total. The van der Waals surface area contributed by atoms with Gasteiger partial charge in [-0.25, -0.2) is 8.78 Å². The first kappa shape index (κ1) is 13.8. The summed E-state index contributed by atoms with van der Waals surface area (Å²) >= 11 is 9.12. The minimum absolute atomic E-state index is 0.243. The molecule has 1 aromatic carbocycles. The first-order chi connectivity index (χ1) is 7.54. The predicted molar refractivity (Wildman–Crippen MR) is 65.0 cm³/mol. The van der Waals surface area contributed by atoms with Gasteiger partial charge >= 0.3 is 0 Å². The standard InChI is InChI=1S/C10H12BrClF2N2/c11-8-3-6(12)1-2-7(8)9(4-15)16-5-10(13)14/h1-3,9-10,16H,4-5,15H2. The molecule has 90 valence electrons. The quantitative estimate of drug-likeness (QED) is 0.877. The number of nitrogens with one attached hydrogen (secondary N) is 1. The summed E-state index contributed by atoms with van der Waals surface area (Å²) in [5.41, 5.74) is 6.36. The summed E-state index contributed by atoms with van der Waals surface area (Å²) in [5.74, 6) is 0. The normalized spacial score (nSPS) is 13.1. The Balaban J connectivity index is 2.78. The second-order valence-corrected chi connectivity index (χ2v) is 4.54. The molecular formula is C10H12BrClF2N2. The molecule has 0 radical (unpaired) electrons. The molecular weight excluding hydrogens is 301 g/mol. The van der Waals surface area contributed by atoms with E-state index in [9.17, 15) is 8.78 Å². The summed E-state index contributed by atoms with van der Waals surface area (Å²) < 4.78 is 24.9. The van der Waals surface area contributed by atoms with E-state index in [1.54, 1.807) is 18.2 Å². The Morgan fingerprint density at radius 1 is 1.44 bits per heavy atom. The van der Waals surface area contributed by atoms with Crippen LogP contribution in [0.1, 0.15) is 11.6 Å². The minimum atomic E-state index is -2.39. The lowest BCUT2D eigenvalue weighted by Gasteiger charge is -2.18. The van der Waals surface area contributed by atoms with Gasteiger partial charge in [-0.15, -0.1) is 0 Å². The molecule has 1 atom stereocenters. The maximum atomic E-state index is 12.1. The molecule has 0 saturated heterocycles. The molecule has 0 amide bonds. The fraction of sp³-hybridized carbons (Fsp3) is 0.400. The molecule has 0 saturated carbocycles. The third-order valence-corrected chi connectivity index (χ3v) is 3.01. The van der Waals surface area contributed by atoms with Crippen LogP contribution in [-0.4, -0.2) is 19.5 Å². The van der Waals surface area contributed by atoms with Gasteiger partial charge in [0.2, 0.25) is 0 Å². The van der Waals surface area contributed by atoms with Crippen molar-refractivity contribution in [3.05, 3.63) is 33.3 Å². The van der Waals surface area contributed by atoms with Gasteiger partial charge in [0.25, 0.3) is 6.43 Å². The van der Waals surface area contributed by atoms with Crippen molar-refractivity contribution in [1.29, 1.82) is 0 Å². The van der Waals surface area contributed by atoms with Gasteiger partial charge in [-0.05, 0) is 17.7 Å². The van der Waals surface area contributed by atoms with Crippen molar-refractivity contribution < 1.29 is 8.78 Å². The van der Waals surface area contributed by atoms with Gasteiger partial charge in [0, 0.05) is 22.1 Å². The monoisotopic (exact) mass is 312 g/mol. The predicted octanol–water partition coefficient (Wildman–Crippen LogP) is 2.96. The summed E-state index contributed by atoms with van der Waals surface area (Å²) in [7, 11) is 0. The smallest absolute Gasteiger partial charge is 0.250 e. The third-order valence-electron chi connectivity index (χ3n) is 2.09. The van der Waals surface area contributed by atoms with Gasteiger partial charge in [0.1, 0.15) is 0 Å². The molecule has 0 aromatic heterocycles. The molecule has 0 aliphatic rings. The second kappa shape index (κ2) is 6.49. The molecule has 0 spiro atoms. The lowest BCUT2D eigenvalue weighted by Crippen LogP contribution is -2.32. The van der Waals surface area contributed by atoms with E-state index in [0.717, 1.165) is 10.0 Å². The maximum absolute atomic E-state index is 12.1. The van der Waals surface area contributed by atoms with E-state index in [4.69, 9.17) is 17.3 Å². The van der Waals surface area contributed by atoms with Crippen LogP contribution in [0.4, 0.5) is 8.78 Å². The van der Waals surface area contributed by atoms with Crippen LogP contribution in [0.3, 0.4) is 0 Å². The molecule has 1 rings (SSSR count). The van der Waals surface area contributed by atoms with Gasteiger partial charge < -0.3 is 11.1 Å². The SMILES string of the molecule is NCC(NCC(F)F)c1ccc(Cl)cc1Br. The number of rotatable bonds is 5. The summed E-state index contributed by atoms with van der Waals surface area (Å²) in [6, 6.07) is 4.88. The molecule has 0 aliphatic heterocycles. The van der Waals surface area contributed by atoms with Crippen LogP contribution in [0.5, 0.6) is 0 Å². The average Bonchev–Trinajstić information content (AvgIpc) is 2.21. The third kappa shape index (κ3) is 3.97. The van der Waals surface area contributed by atoms with E-state index in [2.05, 4.69) is 21.2 Å². The molecule has 0 fully saturated rings. The zero-order valence-corrected chi connectivity index (χ0v) is 10.7. The Morgan fingerprint density at radius 2 is 2.12 bits per heavy atom. The Kier molecular flexibility index (Phi) is 5.61. The largest absolute Gasteiger partial charge is 0.329 e. The van der Waals surface area contributed by atoms with Crippen LogP contribution >= 0.6 is 27.5 Å². The van der Waals surface area contributed by atoms with E-state index in [1.165, 1.54) is 0 Å². The molecule has 16 heavy (non-hydrogen) atoms. The highest BCUT2D eigenvalue weighted by molar-refractivity contribution is 9.10.